The Morgan fingerprint density at radius 3 is 2.59 bits per heavy atom. The van der Waals surface area contributed by atoms with Crippen LogP contribution in [0.15, 0.2) is 24.3 Å². The van der Waals surface area contributed by atoms with Gasteiger partial charge in [0.1, 0.15) is 23.2 Å². The number of hydrogen-bond acceptors (Lipinski definition) is 6. The Hall–Kier alpha value is -2.05. The summed E-state index contributed by atoms with van der Waals surface area (Å²) in [6, 6.07) is 7.30. The van der Waals surface area contributed by atoms with Gasteiger partial charge in [0, 0.05) is 25.4 Å². The molecular weight excluding hydrogens is 304 g/mol. The molecule has 0 amide bonds. The van der Waals surface area contributed by atoms with E-state index in [9.17, 15) is 0 Å². The van der Waals surface area contributed by atoms with E-state index in [4.69, 9.17) is 21.1 Å². The summed E-state index contributed by atoms with van der Waals surface area (Å²) in [6.45, 7) is 3.13. The Balaban J connectivity index is 2.13. The second-order valence-corrected chi connectivity index (χ2v) is 4.99. The third kappa shape index (κ3) is 4.47. The second-order valence-electron chi connectivity index (χ2n) is 4.58. The summed E-state index contributed by atoms with van der Waals surface area (Å²) in [6.07, 6.45) is 0. The molecule has 0 saturated carbocycles. The lowest BCUT2D eigenvalue weighted by molar-refractivity contribution is 0.210. The Bertz CT molecular complexity index is 637. The Morgan fingerprint density at radius 2 is 1.91 bits per heavy atom. The summed E-state index contributed by atoms with van der Waals surface area (Å²) in [5, 5.41) is 6.92. The molecule has 2 rings (SSSR count). The maximum Gasteiger partial charge on any atom is 0.137 e. The minimum atomic E-state index is 0.539. The van der Waals surface area contributed by atoms with Gasteiger partial charge in [-0.2, -0.15) is 0 Å². The van der Waals surface area contributed by atoms with Crippen LogP contribution in [0.1, 0.15) is 5.82 Å². The van der Waals surface area contributed by atoms with Gasteiger partial charge in [0.05, 0.1) is 18.7 Å². The highest BCUT2D eigenvalue weighted by molar-refractivity contribution is 6.32. The molecule has 1 heterocycles. The predicted molar refractivity (Wildman–Crippen MR) is 88.4 cm³/mol. The van der Waals surface area contributed by atoms with Crippen LogP contribution in [0.4, 0.5) is 17.3 Å². The van der Waals surface area contributed by atoms with E-state index in [0.29, 0.717) is 35.6 Å². The van der Waals surface area contributed by atoms with Gasteiger partial charge in [-0.3, -0.25) is 0 Å². The largest absolute Gasteiger partial charge is 0.495 e. The molecule has 22 heavy (non-hydrogen) atoms. The number of methoxy groups -OCH3 is 2. The quantitative estimate of drug-likeness (QED) is 0.763. The highest BCUT2D eigenvalue weighted by Crippen LogP contribution is 2.28. The highest BCUT2D eigenvalue weighted by atomic mass is 35.5. The van der Waals surface area contributed by atoms with Crippen LogP contribution in [-0.4, -0.2) is 37.3 Å². The van der Waals surface area contributed by atoms with E-state index in [0.717, 1.165) is 11.5 Å². The fourth-order valence-electron chi connectivity index (χ4n) is 1.90. The number of halogens is 1. The lowest BCUT2D eigenvalue weighted by Gasteiger charge is -2.11. The summed E-state index contributed by atoms with van der Waals surface area (Å²) in [5.74, 6) is 2.73. The first-order valence-corrected chi connectivity index (χ1v) is 7.19. The standard InChI is InChI=1S/C15H19ClN4O2/c1-10-18-14(17-6-7-21-2)9-15(19-10)20-11-4-5-13(22-3)12(16)8-11/h4-5,8-9H,6-7H2,1-3H3,(H2,17,18,19,20). The summed E-state index contributed by atoms with van der Waals surface area (Å²) >= 11 is 6.12. The summed E-state index contributed by atoms with van der Waals surface area (Å²) in [7, 11) is 3.24. The molecule has 1 aromatic carbocycles. The average molecular weight is 323 g/mol. The van der Waals surface area contributed by atoms with Crippen molar-refractivity contribution in [3.63, 3.8) is 0 Å². The molecule has 0 unspecified atom stereocenters. The van der Waals surface area contributed by atoms with E-state index >= 15 is 0 Å². The molecule has 0 saturated heterocycles. The lowest BCUT2D eigenvalue weighted by atomic mass is 10.3. The Labute approximate surface area is 134 Å². The third-order valence-electron chi connectivity index (χ3n) is 2.87. The molecule has 0 spiro atoms. The first kappa shape index (κ1) is 16.3. The van der Waals surface area contributed by atoms with Crippen molar-refractivity contribution in [1.29, 1.82) is 0 Å². The minimum Gasteiger partial charge on any atom is -0.495 e. The van der Waals surface area contributed by atoms with E-state index in [2.05, 4.69) is 20.6 Å². The molecule has 2 N–H and O–H groups in total. The van der Waals surface area contributed by atoms with Crippen molar-refractivity contribution in [3.05, 3.63) is 35.1 Å². The first-order chi connectivity index (χ1) is 10.6. The molecule has 0 aliphatic carbocycles. The molecule has 0 aliphatic rings. The molecule has 6 nitrogen and oxygen atoms in total. The highest BCUT2D eigenvalue weighted by Gasteiger charge is 2.05. The molecule has 1 aromatic heterocycles. The number of benzene rings is 1. The van der Waals surface area contributed by atoms with Crippen LogP contribution < -0.4 is 15.4 Å². The number of anilines is 3. The van der Waals surface area contributed by atoms with E-state index in [-0.39, 0.29) is 0 Å². The number of ether oxygens (including phenoxy) is 2. The SMILES string of the molecule is COCCNc1cc(Nc2ccc(OC)c(Cl)c2)nc(C)n1. The average Bonchev–Trinajstić information content (AvgIpc) is 2.47. The molecule has 0 bridgehead atoms. The molecule has 0 fully saturated rings. The summed E-state index contributed by atoms with van der Waals surface area (Å²) in [5.41, 5.74) is 0.826. The molecule has 7 heteroatoms. The van der Waals surface area contributed by atoms with Crippen LogP contribution in [0.2, 0.25) is 5.02 Å². The maximum absolute atomic E-state index is 6.12. The number of nitrogens with one attached hydrogen (secondary N) is 2. The van der Waals surface area contributed by atoms with Crippen LogP contribution >= 0.6 is 11.6 Å². The van der Waals surface area contributed by atoms with Crippen LogP contribution in [0.3, 0.4) is 0 Å². The minimum absolute atomic E-state index is 0.539. The van der Waals surface area contributed by atoms with Crippen molar-refractivity contribution >= 4 is 28.9 Å². The molecule has 2 aromatic rings. The van der Waals surface area contributed by atoms with Crippen molar-refractivity contribution in [2.24, 2.45) is 0 Å². The molecule has 0 aliphatic heterocycles. The van der Waals surface area contributed by atoms with Crippen molar-refractivity contribution in [2.45, 2.75) is 6.92 Å². The van der Waals surface area contributed by atoms with Crippen molar-refractivity contribution in [3.8, 4) is 5.75 Å². The van der Waals surface area contributed by atoms with Crippen LogP contribution in [0, 0.1) is 6.92 Å². The summed E-state index contributed by atoms with van der Waals surface area (Å²) < 4.78 is 10.1. The smallest absolute Gasteiger partial charge is 0.137 e. The van der Waals surface area contributed by atoms with E-state index < -0.39 is 0 Å². The van der Waals surface area contributed by atoms with E-state index in [1.807, 2.05) is 19.1 Å². The molecular formula is C15H19ClN4O2. The Kier molecular flexibility index (Phi) is 5.80. The monoisotopic (exact) mass is 322 g/mol. The topological polar surface area (TPSA) is 68.3 Å². The summed E-state index contributed by atoms with van der Waals surface area (Å²) in [4.78, 5) is 8.69. The van der Waals surface area contributed by atoms with Gasteiger partial charge in [0.2, 0.25) is 0 Å². The van der Waals surface area contributed by atoms with Crippen LogP contribution in [0.5, 0.6) is 5.75 Å². The molecule has 0 radical (unpaired) electrons. The van der Waals surface area contributed by atoms with Crippen LogP contribution in [-0.2, 0) is 4.74 Å². The van der Waals surface area contributed by atoms with Crippen molar-refractivity contribution < 1.29 is 9.47 Å². The van der Waals surface area contributed by atoms with Gasteiger partial charge in [0.25, 0.3) is 0 Å². The predicted octanol–water partition coefficient (Wildman–Crippen LogP) is 3.25. The Morgan fingerprint density at radius 1 is 1.14 bits per heavy atom. The van der Waals surface area contributed by atoms with Crippen LogP contribution in [0.25, 0.3) is 0 Å². The zero-order valence-corrected chi connectivity index (χ0v) is 13.6. The number of aryl methyl sites for hydroxylation is 1. The lowest BCUT2D eigenvalue weighted by Crippen LogP contribution is -2.10. The number of hydrogen-bond donors (Lipinski definition) is 2. The van der Waals surface area contributed by atoms with Crippen molar-refractivity contribution in [2.75, 3.05) is 38.0 Å². The van der Waals surface area contributed by atoms with E-state index in [1.165, 1.54) is 0 Å². The van der Waals surface area contributed by atoms with Gasteiger partial charge in [0.15, 0.2) is 0 Å². The second kappa shape index (κ2) is 7.82. The van der Waals surface area contributed by atoms with Gasteiger partial charge >= 0.3 is 0 Å². The number of nitrogens with zero attached hydrogens (tertiary/aromatic N) is 2. The zero-order valence-electron chi connectivity index (χ0n) is 12.8. The maximum atomic E-state index is 6.12. The first-order valence-electron chi connectivity index (χ1n) is 6.81. The fraction of sp³-hybridized carbons (Fsp3) is 0.333. The van der Waals surface area contributed by atoms with Gasteiger partial charge in [-0.25, -0.2) is 9.97 Å². The zero-order chi connectivity index (χ0) is 15.9. The third-order valence-corrected chi connectivity index (χ3v) is 3.17. The van der Waals surface area contributed by atoms with Gasteiger partial charge in [-0.15, -0.1) is 0 Å². The molecule has 0 atom stereocenters. The van der Waals surface area contributed by atoms with Gasteiger partial charge in [-0.05, 0) is 25.1 Å². The van der Waals surface area contributed by atoms with Crippen molar-refractivity contribution in [1.82, 2.24) is 9.97 Å². The fourth-order valence-corrected chi connectivity index (χ4v) is 2.15. The molecule has 118 valence electrons. The van der Waals surface area contributed by atoms with Gasteiger partial charge in [-0.1, -0.05) is 11.6 Å². The number of aromatic nitrogens is 2. The normalized spacial score (nSPS) is 10.4. The van der Waals surface area contributed by atoms with Gasteiger partial charge < -0.3 is 20.1 Å². The number of rotatable bonds is 7. The van der Waals surface area contributed by atoms with E-state index in [1.54, 1.807) is 26.4 Å².